The normalized spacial score (nSPS) is 28.3. The minimum Gasteiger partial charge on any atom is -0.398 e. The second-order valence-corrected chi connectivity index (χ2v) is 9.06. The number of hydrogen-bond donors (Lipinski definition) is 1. The van der Waals surface area contributed by atoms with E-state index in [-0.39, 0.29) is 16.4 Å². The summed E-state index contributed by atoms with van der Waals surface area (Å²) in [4.78, 5) is 0.256. The van der Waals surface area contributed by atoms with E-state index < -0.39 is 10.0 Å². The molecule has 1 atom stereocenters. The highest BCUT2D eigenvalue weighted by atomic mass is 32.2. The highest BCUT2D eigenvalue weighted by Gasteiger charge is 2.61. The van der Waals surface area contributed by atoms with Crippen molar-refractivity contribution in [3.8, 4) is 0 Å². The van der Waals surface area contributed by atoms with E-state index in [4.69, 9.17) is 10.5 Å². The summed E-state index contributed by atoms with van der Waals surface area (Å²) in [5.74, 6) is 0.414. The topological polar surface area (TPSA) is 72.6 Å². The fourth-order valence-corrected chi connectivity index (χ4v) is 6.61. The van der Waals surface area contributed by atoms with Crippen LogP contribution in [-0.2, 0) is 14.8 Å². The molecule has 1 spiro atoms. The van der Waals surface area contributed by atoms with Gasteiger partial charge in [0.2, 0.25) is 10.0 Å². The number of rotatable bonds is 3. The van der Waals surface area contributed by atoms with Crippen molar-refractivity contribution in [3.63, 3.8) is 0 Å². The Morgan fingerprint density at radius 1 is 1.17 bits per heavy atom. The van der Waals surface area contributed by atoms with Gasteiger partial charge in [-0.15, -0.1) is 0 Å². The van der Waals surface area contributed by atoms with Crippen LogP contribution in [0.5, 0.6) is 0 Å². The van der Waals surface area contributed by atoms with Crippen molar-refractivity contribution >= 4 is 15.7 Å². The number of sulfonamides is 1. The Balaban J connectivity index is 1.66. The molecule has 2 aliphatic heterocycles. The summed E-state index contributed by atoms with van der Waals surface area (Å²) in [5.41, 5.74) is 6.50. The van der Waals surface area contributed by atoms with Crippen LogP contribution >= 0.6 is 0 Å². The van der Waals surface area contributed by atoms with Crippen molar-refractivity contribution in [2.45, 2.75) is 43.0 Å². The van der Waals surface area contributed by atoms with Crippen LogP contribution in [0.25, 0.3) is 0 Å². The SMILES string of the molecule is Nc1ccccc1S(=O)(=O)N1CC2(CCC2)C1C1CCOCC1. The Morgan fingerprint density at radius 2 is 1.87 bits per heavy atom. The highest BCUT2D eigenvalue weighted by Crippen LogP contribution is 2.58. The zero-order valence-electron chi connectivity index (χ0n) is 13.3. The van der Waals surface area contributed by atoms with Crippen LogP contribution < -0.4 is 5.73 Å². The molecule has 0 aromatic heterocycles. The van der Waals surface area contributed by atoms with Gasteiger partial charge in [0.15, 0.2) is 0 Å². The number of para-hydroxylation sites is 1. The average molecular weight is 336 g/mol. The summed E-state index contributed by atoms with van der Waals surface area (Å²) < 4.78 is 33.5. The minimum absolute atomic E-state index is 0.129. The maximum absolute atomic E-state index is 13.1. The van der Waals surface area contributed by atoms with Gasteiger partial charge in [-0.2, -0.15) is 4.31 Å². The van der Waals surface area contributed by atoms with Gasteiger partial charge in [0.05, 0.1) is 5.69 Å². The molecule has 6 heteroatoms. The van der Waals surface area contributed by atoms with Crippen molar-refractivity contribution in [2.24, 2.45) is 11.3 Å². The molecular weight excluding hydrogens is 312 g/mol. The second kappa shape index (κ2) is 5.46. The van der Waals surface area contributed by atoms with E-state index in [1.165, 1.54) is 6.42 Å². The molecule has 0 amide bonds. The zero-order chi connectivity index (χ0) is 16.1. The zero-order valence-corrected chi connectivity index (χ0v) is 14.1. The van der Waals surface area contributed by atoms with E-state index in [9.17, 15) is 8.42 Å². The van der Waals surface area contributed by atoms with Gasteiger partial charge in [0.1, 0.15) is 4.90 Å². The van der Waals surface area contributed by atoms with Gasteiger partial charge in [-0.3, -0.25) is 0 Å². The minimum atomic E-state index is -3.51. The van der Waals surface area contributed by atoms with E-state index >= 15 is 0 Å². The Kier molecular flexibility index (Phi) is 3.66. The van der Waals surface area contributed by atoms with Crippen LogP contribution in [0.4, 0.5) is 5.69 Å². The van der Waals surface area contributed by atoms with Gasteiger partial charge in [0.25, 0.3) is 0 Å². The number of nitrogens with zero attached hydrogens (tertiary/aromatic N) is 1. The molecule has 2 saturated heterocycles. The molecule has 0 bridgehead atoms. The highest BCUT2D eigenvalue weighted by molar-refractivity contribution is 7.89. The number of hydrogen-bond acceptors (Lipinski definition) is 4. The first-order chi connectivity index (χ1) is 11.0. The van der Waals surface area contributed by atoms with Crippen LogP contribution in [0, 0.1) is 11.3 Å². The molecule has 1 aromatic carbocycles. The van der Waals surface area contributed by atoms with Gasteiger partial charge in [-0.25, -0.2) is 8.42 Å². The molecule has 1 aromatic rings. The van der Waals surface area contributed by atoms with Gasteiger partial charge in [0, 0.05) is 31.2 Å². The van der Waals surface area contributed by atoms with E-state index in [1.807, 2.05) is 0 Å². The molecule has 1 unspecified atom stereocenters. The van der Waals surface area contributed by atoms with Crippen LogP contribution in [0.1, 0.15) is 32.1 Å². The first-order valence-corrected chi connectivity index (χ1v) is 9.93. The predicted octanol–water partition coefficient (Wildman–Crippen LogP) is 2.24. The molecular formula is C17H24N2O3S. The van der Waals surface area contributed by atoms with Gasteiger partial charge in [-0.1, -0.05) is 18.6 Å². The average Bonchev–Trinajstić information content (AvgIpc) is 2.46. The molecule has 2 heterocycles. The molecule has 1 aliphatic carbocycles. The Bertz CT molecular complexity index is 694. The van der Waals surface area contributed by atoms with Crippen LogP contribution in [-0.4, -0.2) is 38.5 Å². The molecule has 0 radical (unpaired) electrons. The van der Waals surface area contributed by atoms with Crippen LogP contribution in [0.15, 0.2) is 29.2 Å². The van der Waals surface area contributed by atoms with E-state index in [1.54, 1.807) is 28.6 Å². The first-order valence-electron chi connectivity index (χ1n) is 8.49. The van der Waals surface area contributed by atoms with Gasteiger partial charge >= 0.3 is 0 Å². The molecule has 3 fully saturated rings. The lowest BCUT2D eigenvalue weighted by molar-refractivity contribution is -0.120. The second-order valence-electron chi connectivity index (χ2n) is 7.20. The Labute approximate surface area is 137 Å². The third-order valence-electron chi connectivity index (χ3n) is 5.98. The van der Waals surface area contributed by atoms with Gasteiger partial charge < -0.3 is 10.5 Å². The van der Waals surface area contributed by atoms with Crippen molar-refractivity contribution in [2.75, 3.05) is 25.5 Å². The number of nitrogens with two attached hydrogens (primary N) is 1. The van der Waals surface area contributed by atoms with Crippen molar-refractivity contribution in [3.05, 3.63) is 24.3 Å². The third kappa shape index (κ3) is 2.30. The summed E-state index contributed by atoms with van der Waals surface area (Å²) in [6.07, 6.45) is 5.46. The first kappa shape index (κ1) is 15.4. The van der Waals surface area contributed by atoms with E-state index in [0.29, 0.717) is 18.2 Å². The molecule has 1 saturated carbocycles. The lowest BCUT2D eigenvalue weighted by Gasteiger charge is -2.64. The summed E-state index contributed by atoms with van der Waals surface area (Å²) >= 11 is 0. The summed E-state index contributed by atoms with van der Waals surface area (Å²) in [5, 5.41) is 0. The maximum Gasteiger partial charge on any atom is 0.245 e. The quantitative estimate of drug-likeness (QED) is 0.859. The van der Waals surface area contributed by atoms with Crippen molar-refractivity contribution in [1.82, 2.24) is 4.31 Å². The standard InChI is InChI=1S/C17H24N2O3S/c18-14-4-1-2-5-15(14)23(20,21)19-12-17(8-3-9-17)16(19)13-6-10-22-11-7-13/h1-2,4-5,13,16H,3,6-12,18H2. The molecule has 5 nitrogen and oxygen atoms in total. The van der Waals surface area contributed by atoms with Crippen molar-refractivity contribution in [1.29, 1.82) is 0 Å². The summed E-state index contributed by atoms with van der Waals surface area (Å²) in [6, 6.07) is 6.93. The maximum atomic E-state index is 13.1. The smallest absolute Gasteiger partial charge is 0.245 e. The third-order valence-corrected chi connectivity index (χ3v) is 7.88. The largest absolute Gasteiger partial charge is 0.398 e. The fourth-order valence-electron chi connectivity index (χ4n) is 4.62. The molecule has 23 heavy (non-hydrogen) atoms. The molecule has 2 N–H and O–H groups in total. The molecule has 126 valence electrons. The summed E-state index contributed by atoms with van der Waals surface area (Å²) in [6.45, 7) is 2.16. The lowest BCUT2D eigenvalue weighted by Crippen LogP contribution is -2.71. The fraction of sp³-hybridized carbons (Fsp3) is 0.647. The summed E-state index contributed by atoms with van der Waals surface area (Å²) in [7, 11) is -3.51. The van der Waals surface area contributed by atoms with E-state index in [0.717, 1.165) is 38.9 Å². The van der Waals surface area contributed by atoms with E-state index in [2.05, 4.69) is 0 Å². The van der Waals surface area contributed by atoms with Gasteiger partial charge in [-0.05, 0) is 43.7 Å². The van der Waals surface area contributed by atoms with Crippen LogP contribution in [0.3, 0.4) is 0 Å². The number of ether oxygens (including phenoxy) is 1. The van der Waals surface area contributed by atoms with Crippen molar-refractivity contribution < 1.29 is 13.2 Å². The number of benzene rings is 1. The molecule has 3 aliphatic rings. The molecule has 4 rings (SSSR count). The number of anilines is 1. The van der Waals surface area contributed by atoms with Crippen LogP contribution in [0.2, 0.25) is 0 Å². The Morgan fingerprint density at radius 3 is 2.48 bits per heavy atom. The number of nitrogen functional groups attached to an aromatic ring is 1. The monoisotopic (exact) mass is 336 g/mol. The predicted molar refractivity (Wildman–Crippen MR) is 88.4 cm³/mol. The Hall–Kier alpha value is -1.11. The lowest BCUT2D eigenvalue weighted by atomic mass is 9.55.